The van der Waals surface area contributed by atoms with Crippen molar-refractivity contribution in [2.45, 2.75) is 45.6 Å². The third kappa shape index (κ3) is 5.77. The van der Waals surface area contributed by atoms with Gasteiger partial charge in [-0.15, -0.1) is 0 Å². The zero-order chi connectivity index (χ0) is 27.2. The largest absolute Gasteiger partial charge is 0.508 e. The highest BCUT2D eigenvalue weighted by molar-refractivity contribution is 5.88. The molecule has 4 rings (SSSR count). The lowest BCUT2D eigenvalue weighted by atomic mass is 9.74. The Labute approximate surface area is 224 Å². The van der Waals surface area contributed by atoms with Gasteiger partial charge in [0.1, 0.15) is 24.2 Å². The first-order valence-electron chi connectivity index (χ1n) is 12.8. The van der Waals surface area contributed by atoms with E-state index in [1.807, 2.05) is 83.8 Å². The lowest BCUT2D eigenvalue weighted by molar-refractivity contribution is -0.173. The van der Waals surface area contributed by atoms with Gasteiger partial charge in [-0.3, -0.25) is 4.79 Å². The van der Waals surface area contributed by atoms with Crippen molar-refractivity contribution in [3.8, 4) is 11.5 Å². The normalized spacial score (nSPS) is 17.7. The van der Waals surface area contributed by atoms with E-state index in [-0.39, 0.29) is 30.5 Å². The molecule has 0 bridgehead atoms. The van der Waals surface area contributed by atoms with E-state index in [2.05, 4.69) is 13.8 Å². The standard InChI is InChI=1S/C31H35NO6/c1-20(2)28-27(21(3)38-31(34)37-19-22-9-7-6-8-10-22)30(33)32(28)29(23-11-15-25(35-4)16-12-23)24-13-17-26(36-5)18-14-24/h6-18,20-21,27-29H,19H2,1-5H3/t21?,27-,28+/m1/s1. The second-order valence-electron chi connectivity index (χ2n) is 9.80. The van der Waals surface area contributed by atoms with E-state index in [1.165, 1.54) is 0 Å². The number of β-lactam (4-membered cyclic amide) rings is 1. The molecule has 38 heavy (non-hydrogen) atoms. The van der Waals surface area contributed by atoms with Gasteiger partial charge in [0.2, 0.25) is 5.91 Å². The zero-order valence-corrected chi connectivity index (χ0v) is 22.5. The Bertz CT molecular complexity index is 1160. The van der Waals surface area contributed by atoms with Gasteiger partial charge in [-0.05, 0) is 53.8 Å². The summed E-state index contributed by atoms with van der Waals surface area (Å²) in [5, 5.41) is 0. The highest BCUT2D eigenvalue weighted by atomic mass is 16.7. The van der Waals surface area contributed by atoms with Crippen LogP contribution >= 0.6 is 0 Å². The second-order valence-corrected chi connectivity index (χ2v) is 9.80. The maximum Gasteiger partial charge on any atom is 0.508 e. The van der Waals surface area contributed by atoms with E-state index in [9.17, 15) is 9.59 Å². The second kappa shape index (κ2) is 12.0. The lowest BCUT2D eigenvalue weighted by Gasteiger charge is -2.54. The van der Waals surface area contributed by atoms with Crippen molar-refractivity contribution >= 4 is 12.1 Å². The Morgan fingerprint density at radius 3 is 1.82 bits per heavy atom. The van der Waals surface area contributed by atoms with Crippen LogP contribution in [0.5, 0.6) is 11.5 Å². The summed E-state index contributed by atoms with van der Waals surface area (Å²) in [5.41, 5.74) is 2.79. The van der Waals surface area contributed by atoms with Crippen molar-refractivity contribution in [2.75, 3.05) is 14.2 Å². The molecule has 0 aromatic heterocycles. The van der Waals surface area contributed by atoms with Crippen LogP contribution in [0.25, 0.3) is 0 Å². The number of nitrogens with zero attached hydrogens (tertiary/aromatic N) is 1. The van der Waals surface area contributed by atoms with Crippen LogP contribution in [0.1, 0.15) is 43.5 Å². The minimum absolute atomic E-state index is 0.0660. The Morgan fingerprint density at radius 2 is 1.34 bits per heavy atom. The summed E-state index contributed by atoms with van der Waals surface area (Å²) in [6.07, 6.45) is -1.42. The Kier molecular flexibility index (Phi) is 8.56. The van der Waals surface area contributed by atoms with E-state index in [0.717, 1.165) is 28.2 Å². The predicted octanol–water partition coefficient (Wildman–Crippen LogP) is 6.02. The first kappa shape index (κ1) is 27.0. The zero-order valence-electron chi connectivity index (χ0n) is 22.5. The summed E-state index contributed by atoms with van der Waals surface area (Å²) in [6, 6.07) is 24.4. The number of likely N-dealkylation sites (tertiary alicyclic amines) is 1. The third-order valence-electron chi connectivity index (χ3n) is 7.04. The Balaban J connectivity index is 1.55. The van der Waals surface area contributed by atoms with Crippen LogP contribution in [-0.4, -0.2) is 43.3 Å². The minimum Gasteiger partial charge on any atom is -0.497 e. The molecule has 0 aliphatic carbocycles. The van der Waals surface area contributed by atoms with Gasteiger partial charge in [0.15, 0.2) is 0 Å². The van der Waals surface area contributed by atoms with Crippen molar-refractivity contribution < 1.29 is 28.5 Å². The number of carbonyl (C=O) groups excluding carboxylic acids is 2. The number of ether oxygens (including phenoxy) is 4. The van der Waals surface area contributed by atoms with E-state index >= 15 is 0 Å². The molecule has 0 spiro atoms. The van der Waals surface area contributed by atoms with Gasteiger partial charge < -0.3 is 23.8 Å². The Morgan fingerprint density at radius 1 is 0.816 bits per heavy atom. The average Bonchev–Trinajstić information content (AvgIpc) is 2.93. The summed E-state index contributed by atoms with van der Waals surface area (Å²) < 4.78 is 21.6. The van der Waals surface area contributed by atoms with Crippen LogP contribution in [-0.2, 0) is 20.9 Å². The molecular formula is C31H35NO6. The molecule has 1 unspecified atom stereocenters. The molecule has 1 fully saturated rings. The third-order valence-corrected chi connectivity index (χ3v) is 7.04. The molecule has 3 aromatic rings. The molecule has 7 nitrogen and oxygen atoms in total. The average molecular weight is 518 g/mol. The highest BCUT2D eigenvalue weighted by Gasteiger charge is 2.55. The molecule has 1 saturated heterocycles. The predicted molar refractivity (Wildman–Crippen MR) is 144 cm³/mol. The maximum atomic E-state index is 13.8. The van der Waals surface area contributed by atoms with E-state index in [1.54, 1.807) is 21.1 Å². The molecule has 0 radical (unpaired) electrons. The molecule has 1 heterocycles. The molecule has 1 amide bonds. The molecule has 3 atom stereocenters. The number of carbonyl (C=O) groups is 2. The molecule has 0 N–H and O–H groups in total. The monoisotopic (exact) mass is 517 g/mol. The van der Waals surface area contributed by atoms with Crippen molar-refractivity contribution in [3.63, 3.8) is 0 Å². The first-order chi connectivity index (χ1) is 18.3. The van der Waals surface area contributed by atoms with Crippen molar-refractivity contribution in [1.29, 1.82) is 0 Å². The van der Waals surface area contributed by atoms with Crippen LogP contribution in [0, 0.1) is 11.8 Å². The van der Waals surface area contributed by atoms with E-state index in [4.69, 9.17) is 18.9 Å². The fourth-order valence-corrected chi connectivity index (χ4v) is 5.13. The fourth-order valence-electron chi connectivity index (χ4n) is 5.13. The molecule has 1 aliphatic rings. The molecule has 200 valence electrons. The number of benzene rings is 3. The Hall–Kier alpha value is -4.00. The molecule has 7 heteroatoms. The number of methoxy groups -OCH3 is 2. The number of hydrogen-bond acceptors (Lipinski definition) is 6. The van der Waals surface area contributed by atoms with Crippen LogP contribution in [0.2, 0.25) is 0 Å². The smallest absolute Gasteiger partial charge is 0.497 e. The summed E-state index contributed by atoms with van der Waals surface area (Å²) in [7, 11) is 3.25. The minimum atomic E-state index is -0.781. The summed E-state index contributed by atoms with van der Waals surface area (Å²) >= 11 is 0. The van der Waals surface area contributed by atoms with Crippen LogP contribution in [0.3, 0.4) is 0 Å². The first-order valence-corrected chi connectivity index (χ1v) is 12.8. The van der Waals surface area contributed by atoms with Crippen LogP contribution in [0.15, 0.2) is 78.9 Å². The van der Waals surface area contributed by atoms with Crippen molar-refractivity contribution in [3.05, 3.63) is 95.6 Å². The van der Waals surface area contributed by atoms with Crippen LogP contribution < -0.4 is 9.47 Å². The van der Waals surface area contributed by atoms with E-state index in [0.29, 0.717) is 0 Å². The van der Waals surface area contributed by atoms with Gasteiger partial charge in [0.25, 0.3) is 0 Å². The summed E-state index contributed by atoms with van der Waals surface area (Å²) in [4.78, 5) is 28.1. The van der Waals surface area contributed by atoms with Gasteiger partial charge in [0, 0.05) is 0 Å². The van der Waals surface area contributed by atoms with Gasteiger partial charge in [-0.1, -0.05) is 68.4 Å². The van der Waals surface area contributed by atoms with Crippen molar-refractivity contribution in [1.82, 2.24) is 4.90 Å². The number of rotatable bonds is 10. The quantitative estimate of drug-likeness (QED) is 0.242. The summed E-state index contributed by atoms with van der Waals surface area (Å²) in [6.45, 7) is 6.03. The molecule has 0 saturated carbocycles. The number of hydrogen-bond donors (Lipinski definition) is 0. The number of amides is 1. The maximum absolute atomic E-state index is 13.8. The highest BCUT2D eigenvalue weighted by Crippen LogP contribution is 2.44. The van der Waals surface area contributed by atoms with Crippen molar-refractivity contribution in [2.24, 2.45) is 11.8 Å². The van der Waals surface area contributed by atoms with E-state index < -0.39 is 18.2 Å². The molecule has 3 aromatic carbocycles. The van der Waals surface area contributed by atoms with Gasteiger partial charge in [-0.2, -0.15) is 0 Å². The van der Waals surface area contributed by atoms with Crippen LogP contribution in [0.4, 0.5) is 4.79 Å². The summed E-state index contributed by atoms with van der Waals surface area (Å²) in [5.74, 6) is 1.07. The molecule has 1 aliphatic heterocycles. The molecular weight excluding hydrogens is 482 g/mol. The lowest BCUT2D eigenvalue weighted by Crippen LogP contribution is -2.67. The van der Waals surface area contributed by atoms with Gasteiger partial charge >= 0.3 is 6.16 Å². The van der Waals surface area contributed by atoms with Gasteiger partial charge in [-0.25, -0.2) is 4.79 Å². The van der Waals surface area contributed by atoms with Gasteiger partial charge in [0.05, 0.1) is 32.2 Å². The topological polar surface area (TPSA) is 74.3 Å². The fraction of sp³-hybridized carbons (Fsp3) is 0.355. The SMILES string of the molecule is COc1ccc(C(c2ccc(OC)cc2)N2C(=O)[C@H](C(C)OC(=O)OCc3ccccc3)[C@@H]2C(C)C)cc1.